The van der Waals surface area contributed by atoms with Crippen LogP contribution in [0.25, 0.3) is 0 Å². The number of rotatable bonds is 4. The van der Waals surface area contributed by atoms with Crippen molar-refractivity contribution in [2.24, 2.45) is 0 Å². The monoisotopic (exact) mass is 412 g/mol. The minimum Gasteiger partial charge on any atom is -0.508 e. The summed E-state index contributed by atoms with van der Waals surface area (Å²) in [5.74, 6) is -0.0547. The zero-order valence-electron chi connectivity index (χ0n) is 15.3. The second kappa shape index (κ2) is 7.77. The van der Waals surface area contributed by atoms with E-state index in [1.807, 2.05) is 30.3 Å². The van der Waals surface area contributed by atoms with Crippen molar-refractivity contribution in [3.8, 4) is 28.7 Å². The van der Waals surface area contributed by atoms with Crippen molar-refractivity contribution in [1.29, 1.82) is 0 Å². The SMILES string of the molecule is Oc1cc(O)c2c(c1)OC(c1ccc(O)c(O)c1)[C@@H](O)C2SCc1ccccc1. The highest BCUT2D eigenvalue weighted by molar-refractivity contribution is 7.98. The van der Waals surface area contributed by atoms with Crippen LogP contribution in [0.2, 0.25) is 0 Å². The normalized spacial score (nSPS) is 20.7. The van der Waals surface area contributed by atoms with Gasteiger partial charge in [-0.05, 0) is 23.3 Å². The van der Waals surface area contributed by atoms with Gasteiger partial charge in [-0.25, -0.2) is 0 Å². The molecule has 0 amide bonds. The van der Waals surface area contributed by atoms with E-state index in [1.54, 1.807) is 6.07 Å². The summed E-state index contributed by atoms with van der Waals surface area (Å²) >= 11 is 1.44. The van der Waals surface area contributed by atoms with Gasteiger partial charge >= 0.3 is 0 Å². The summed E-state index contributed by atoms with van der Waals surface area (Å²) in [5.41, 5.74) is 1.94. The number of hydrogen-bond acceptors (Lipinski definition) is 7. The molecular weight excluding hydrogens is 392 g/mol. The van der Waals surface area contributed by atoms with E-state index >= 15 is 0 Å². The average Bonchev–Trinajstić information content (AvgIpc) is 2.70. The molecule has 1 aliphatic heterocycles. The van der Waals surface area contributed by atoms with Gasteiger partial charge in [0, 0.05) is 17.9 Å². The third-order valence-corrected chi connectivity index (χ3v) is 6.24. The van der Waals surface area contributed by atoms with Crippen LogP contribution in [0.15, 0.2) is 60.7 Å². The fourth-order valence-electron chi connectivity index (χ4n) is 3.44. The highest BCUT2D eigenvalue weighted by atomic mass is 32.2. The maximum atomic E-state index is 11.1. The van der Waals surface area contributed by atoms with Crippen molar-refractivity contribution in [2.45, 2.75) is 23.2 Å². The Morgan fingerprint density at radius 1 is 0.828 bits per heavy atom. The quantitative estimate of drug-likeness (QED) is 0.412. The molecule has 2 unspecified atom stereocenters. The Morgan fingerprint density at radius 2 is 1.59 bits per heavy atom. The van der Waals surface area contributed by atoms with Crippen molar-refractivity contribution in [3.05, 3.63) is 77.4 Å². The van der Waals surface area contributed by atoms with Gasteiger partial charge in [0.1, 0.15) is 23.4 Å². The number of phenolic OH excluding ortho intramolecular Hbond substituents is 4. The molecule has 150 valence electrons. The zero-order valence-corrected chi connectivity index (χ0v) is 16.1. The number of aliphatic hydroxyl groups is 1. The lowest BCUT2D eigenvalue weighted by atomic mass is 9.93. The molecule has 1 heterocycles. The second-order valence-corrected chi connectivity index (χ2v) is 8.00. The molecule has 0 aromatic heterocycles. The lowest BCUT2D eigenvalue weighted by Crippen LogP contribution is -2.33. The number of fused-ring (bicyclic) bond motifs is 1. The first kappa shape index (κ1) is 19.3. The van der Waals surface area contributed by atoms with Gasteiger partial charge in [0.2, 0.25) is 0 Å². The second-order valence-electron chi connectivity index (χ2n) is 6.87. The summed E-state index contributed by atoms with van der Waals surface area (Å²) in [7, 11) is 0. The first-order valence-electron chi connectivity index (χ1n) is 9.02. The summed E-state index contributed by atoms with van der Waals surface area (Å²) in [6.45, 7) is 0. The minimum atomic E-state index is -1.05. The molecule has 3 atom stereocenters. The van der Waals surface area contributed by atoms with Crippen molar-refractivity contribution in [1.82, 2.24) is 0 Å². The molecule has 0 spiro atoms. The smallest absolute Gasteiger partial charge is 0.157 e. The van der Waals surface area contributed by atoms with Gasteiger partial charge in [-0.3, -0.25) is 0 Å². The standard InChI is InChI=1S/C22H20O6S/c23-14-9-17(26)19-18(10-14)28-21(13-6-7-15(24)16(25)8-13)20(27)22(19)29-11-12-4-2-1-3-5-12/h1-10,20-27H,11H2/t20-,21?,22?/m1/s1. The van der Waals surface area contributed by atoms with E-state index < -0.39 is 17.5 Å². The van der Waals surface area contributed by atoms with E-state index in [9.17, 15) is 25.5 Å². The number of aromatic hydroxyl groups is 4. The van der Waals surface area contributed by atoms with Crippen LogP contribution < -0.4 is 4.74 Å². The lowest BCUT2D eigenvalue weighted by molar-refractivity contribution is 0.0174. The van der Waals surface area contributed by atoms with Crippen molar-refractivity contribution in [3.63, 3.8) is 0 Å². The van der Waals surface area contributed by atoms with Gasteiger partial charge in [-0.15, -0.1) is 11.8 Å². The molecule has 4 rings (SSSR count). The molecule has 3 aromatic rings. The third kappa shape index (κ3) is 3.79. The molecule has 0 saturated heterocycles. The van der Waals surface area contributed by atoms with E-state index in [-0.39, 0.29) is 28.7 Å². The molecule has 0 radical (unpaired) electrons. The zero-order chi connectivity index (χ0) is 20.5. The summed E-state index contributed by atoms with van der Waals surface area (Å²) in [6, 6.07) is 16.6. The van der Waals surface area contributed by atoms with Gasteiger partial charge in [0.05, 0.1) is 10.8 Å². The number of benzene rings is 3. The predicted octanol–water partition coefficient (Wildman–Crippen LogP) is 3.98. The minimum absolute atomic E-state index is 0.156. The predicted molar refractivity (Wildman–Crippen MR) is 109 cm³/mol. The highest BCUT2D eigenvalue weighted by Crippen LogP contribution is 2.53. The Labute approximate surface area is 171 Å². The van der Waals surface area contributed by atoms with Crippen LogP contribution in [0.1, 0.15) is 28.0 Å². The Bertz CT molecular complexity index is 1020. The maximum absolute atomic E-state index is 11.1. The summed E-state index contributed by atoms with van der Waals surface area (Å²) in [5, 5.41) is 50.3. The topological polar surface area (TPSA) is 110 Å². The Kier molecular flexibility index (Phi) is 5.17. The van der Waals surface area contributed by atoms with Gasteiger partial charge in [-0.2, -0.15) is 0 Å². The summed E-state index contributed by atoms with van der Waals surface area (Å²) in [4.78, 5) is 0. The van der Waals surface area contributed by atoms with Crippen LogP contribution in [0, 0.1) is 0 Å². The largest absolute Gasteiger partial charge is 0.508 e. The Hall–Kier alpha value is -3.03. The molecule has 0 fully saturated rings. The van der Waals surface area contributed by atoms with E-state index in [1.165, 1.54) is 36.0 Å². The number of ether oxygens (including phenoxy) is 1. The summed E-state index contributed by atoms with van der Waals surface area (Å²) in [6.07, 6.45) is -1.90. The molecule has 3 aromatic carbocycles. The lowest BCUT2D eigenvalue weighted by Gasteiger charge is -2.37. The molecule has 7 heteroatoms. The fourth-order valence-corrected chi connectivity index (χ4v) is 4.75. The van der Waals surface area contributed by atoms with Gasteiger partial charge in [-0.1, -0.05) is 36.4 Å². The van der Waals surface area contributed by atoms with Crippen molar-refractivity contribution < 1.29 is 30.3 Å². The molecule has 0 bridgehead atoms. The van der Waals surface area contributed by atoms with E-state index in [2.05, 4.69) is 0 Å². The van der Waals surface area contributed by atoms with Crippen LogP contribution in [0.4, 0.5) is 0 Å². The molecule has 0 saturated carbocycles. The van der Waals surface area contributed by atoms with Gasteiger partial charge in [0.15, 0.2) is 17.6 Å². The number of phenols is 4. The molecule has 0 aliphatic carbocycles. The molecule has 29 heavy (non-hydrogen) atoms. The van der Waals surface area contributed by atoms with Crippen LogP contribution in [0.3, 0.4) is 0 Å². The van der Waals surface area contributed by atoms with Crippen molar-refractivity contribution >= 4 is 11.8 Å². The van der Waals surface area contributed by atoms with Gasteiger partial charge in [0.25, 0.3) is 0 Å². The number of thioether (sulfide) groups is 1. The van der Waals surface area contributed by atoms with Gasteiger partial charge < -0.3 is 30.3 Å². The first-order chi connectivity index (χ1) is 13.9. The van der Waals surface area contributed by atoms with E-state index in [0.29, 0.717) is 16.9 Å². The van der Waals surface area contributed by atoms with Crippen LogP contribution in [0.5, 0.6) is 28.7 Å². The summed E-state index contributed by atoms with van der Waals surface area (Å²) < 4.78 is 5.89. The average molecular weight is 412 g/mol. The van der Waals surface area contributed by atoms with Crippen LogP contribution in [-0.2, 0) is 5.75 Å². The maximum Gasteiger partial charge on any atom is 0.157 e. The molecule has 1 aliphatic rings. The highest BCUT2D eigenvalue weighted by Gasteiger charge is 2.40. The van der Waals surface area contributed by atoms with E-state index in [0.717, 1.165) is 5.56 Å². The van der Waals surface area contributed by atoms with E-state index in [4.69, 9.17) is 4.74 Å². The van der Waals surface area contributed by atoms with Crippen molar-refractivity contribution in [2.75, 3.05) is 0 Å². The fraction of sp³-hybridized carbons (Fsp3) is 0.182. The Morgan fingerprint density at radius 3 is 2.31 bits per heavy atom. The molecular formula is C22H20O6S. The van der Waals surface area contributed by atoms with Crippen LogP contribution >= 0.6 is 11.8 Å². The third-order valence-electron chi connectivity index (χ3n) is 4.86. The van der Waals surface area contributed by atoms with Crippen LogP contribution in [-0.4, -0.2) is 31.6 Å². The Balaban J connectivity index is 1.72. The number of aliphatic hydroxyl groups excluding tert-OH is 1. The first-order valence-corrected chi connectivity index (χ1v) is 10.1. The number of hydrogen-bond donors (Lipinski definition) is 5. The molecule has 5 N–H and O–H groups in total. The molecule has 6 nitrogen and oxygen atoms in total.